The van der Waals surface area contributed by atoms with E-state index in [2.05, 4.69) is 73.2 Å². The van der Waals surface area contributed by atoms with Crippen LogP contribution in [0.25, 0.3) is 10.8 Å². The van der Waals surface area contributed by atoms with Crippen LogP contribution >= 0.6 is 31.9 Å². The van der Waals surface area contributed by atoms with E-state index in [1.54, 1.807) is 7.11 Å². The minimum atomic E-state index is -1.17. The number of fused-ring (bicyclic) bond motifs is 1. The standard InChI is InChI=1S/C29H29Br2NO2/c1-32(2)16-15-29(33,23-10-13-24(30)14-11-23)28(20-7-5-4-6-8-20)26-18-22-17-25(31)12-9-21(22)19-27(26)34-3/h4-14,17-19,28,33H,15-16H2,1-3H3. The van der Waals surface area contributed by atoms with Gasteiger partial charge in [0, 0.05) is 27.0 Å². The Morgan fingerprint density at radius 2 is 1.53 bits per heavy atom. The summed E-state index contributed by atoms with van der Waals surface area (Å²) < 4.78 is 7.92. The first kappa shape index (κ1) is 24.9. The third-order valence-electron chi connectivity index (χ3n) is 6.36. The molecule has 4 aromatic rings. The summed E-state index contributed by atoms with van der Waals surface area (Å²) in [4.78, 5) is 2.11. The number of ether oxygens (including phenoxy) is 1. The van der Waals surface area contributed by atoms with E-state index in [4.69, 9.17) is 4.74 Å². The molecule has 4 aromatic carbocycles. The molecule has 0 saturated heterocycles. The lowest BCUT2D eigenvalue weighted by Crippen LogP contribution is -2.37. The number of benzene rings is 4. The van der Waals surface area contributed by atoms with Crippen molar-refractivity contribution in [1.29, 1.82) is 0 Å². The van der Waals surface area contributed by atoms with Crippen LogP contribution in [0.4, 0.5) is 0 Å². The molecule has 0 aliphatic carbocycles. The topological polar surface area (TPSA) is 32.7 Å². The van der Waals surface area contributed by atoms with Crippen LogP contribution in [-0.4, -0.2) is 37.8 Å². The minimum absolute atomic E-state index is 0.340. The Hall–Kier alpha value is -2.18. The van der Waals surface area contributed by atoms with Gasteiger partial charge in [-0.3, -0.25) is 0 Å². The zero-order valence-electron chi connectivity index (χ0n) is 19.6. The van der Waals surface area contributed by atoms with Crippen LogP contribution in [0.1, 0.15) is 29.0 Å². The third kappa shape index (κ3) is 5.23. The van der Waals surface area contributed by atoms with Gasteiger partial charge in [-0.1, -0.05) is 80.4 Å². The number of halogens is 2. The van der Waals surface area contributed by atoms with Crippen molar-refractivity contribution < 1.29 is 9.84 Å². The van der Waals surface area contributed by atoms with Crippen molar-refractivity contribution >= 4 is 42.6 Å². The second-order valence-corrected chi connectivity index (χ2v) is 10.7. The zero-order chi connectivity index (χ0) is 24.3. The molecule has 1 N–H and O–H groups in total. The summed E-state index contributed by atoms with van der Waals surface area (Å²) >= 11 is 7.15. The lowest BCUT2D eigenvalue weighted by atomic mass is 9.71. The molecule has 0 radical (unpaired) electrons. The number of hydrogen-bond acceptors (Lipinski definition) is 3. The van der Waals surface area contributed by atoms with E-state index in [0.717, 1.165) is 48.7 Å². The molecule has 0 aliphatic rings. The van der Waals surface area contributed by atoms with Gasteiger partial charge in [0.2, 0.25) is 0 Å². The smallest absolute Gasteiger partial charge is 0.123 e. The summed E-state index contributed by atoms with van der Waals surface area (Å²) in [5.41, 5.74) is 1.71. The zero-order valence-corrected chi connectivity index (χ0v) is 22.8. The highest BCUT2D eigenvalue weighted by Crippen LogP contribution is 2.48. The molecule has 0 saturated carbocycles. The van der Waals surface area contributed by atoms with Crippen LogP contribution < -0.4 is 4.74 Å². The van der Waals surface area contributed by atoms with E-state index in [1.807, 2.05) is 62.6 Å². The predicted octanol–water partition coefficient (Wildman–Crippen LogP) is 7.34. The van der Waals surface area contributed by atoms with Crippen molar-refractivity contribution in [2.45, 2.75) is 17.9 Å². The van der Waals surface area contributed by atoms with Crippen molar-refractivity contribution in [2.75, 3.05) is 27.7 Å². The van der Waals surface area contributed by atoms with Crippen LogP contribution in [0, 0.1) is 0 Å². The fourth-order valence-electron chi connectivity index (χ4n) is 4.61. The van der Waals surface area contributed by atoms with Crippen molar-refractivity contribution in [2.24, 2.45) is 0 Å². The Bertz CT molecular complexity index is 1260. The van der Waals surface area contributed by atoms with Gasteiger partial charge in [0.05, 0.1) is 7.11 Å². The molecule has 2 unspecified atom stereocenters. The van der Waals surface area contributed by atoms with Crippen LogP contribution in [0.15, 0.2) is 93.9 Å². The molecule has 34 heavy (non-hydrogen) atoms. The predicted molar refractivity (Wildman–Crippen MR) is 148 cm³/mol. The van der Waals surface area contributed by atoms with E-state index in [1.165, 1.54) is 0 Å². The monoisotopic (exact) mass is 581 g/mol. The normalized spacial score (nSPS) is 14.2. The maximum atomic E-state index is 12.6. The highest BCUT2D eigenvalue weighted by atomic mass is 79.9. The first-order valence-electron chi connectivity index (χ1n) is 11.3. The van der Waals surface area contributed by atoms with Crippen LogP contribution in [-0.2, 0) is 5.60 Å². The summed E-state index contributed by atoms with van der Waals surface area (Å²) in [6.07, 6.45) is 0.556. The van der Waals surface area contributed by atoms with E-state index in [-0.39, 0.29) is 5.92 Å². The second kappa shape index (κ2) is 10.6. The number of methoxy groups -OCH3 is 1. The summed E-state index contributed by atoms with van der Waals surface area (Å²) in [6, 6.07) is 28.7. The van der Waals surface area contributed by atoms with E-state index >= 15 is 0 Å². The van der Waals surface area contributed by atoms with Crippen molar-refractivity contribution in [3.8, 4) is 5.75 Å². The van der Waals surface area contributed by atoms with Crippen LogP contribution in [0.2, 0.25) is 0 Å². The molecule has 0 heterocycles. The molecule has 2 atom stereocenters. The molecule has 176 valence electrons. The van der Waals surface area contributed by atoms with Gasteiger partial charge >= 0.3 is 0 Å². The van der Waals surface area contributed by atoms with Gasteiger partial charge in [-0.25, -0.2) is 0 Å². The van der Waals surface area contributed by atoms with Crippen molar-refractivity contribution in [3.63, 3.8) is 0 Å². The van der Waals surface area contributed by atoms with E-state index in [0.29, 0.717) is 6.42 Å². The Labute approximate surface area is 218 Å². The highest BCUT2D eigenvalue weighted by molar-refractivity contribution is 9.10. The lowest BCUT2D eigenvalue weighted by Gasteiger charge is -2.39. The molecule has 0 fully saturated rings. The first-order chi connectivity index (χ1) is 16.3. The summed E-state index contributed by atoms with van der Waals surface area (Å²) in [5, 5.41) is 14.8. The average Bonchev–Trinajstić information content (AvgIpc) is 2.83. The Balaban J connectivity index is 2.01. The van der Waals surface area contributed by atoms with Crippen LogP contribution in [0.5, 0.6) is 5.75 Å². The molecule has 5 heteroatoms. The average molecular weight is 583 g/mol. The van der Waals surface area contributed by atoms with Gasteiger partial charge < -0.3 is 14.7 Å². The maximum Gasteiger partial charge on any atom is 0.123 e. The number of rotatable bonds is 8. The lowest BCUT2D eigenvalue weighted by molar-refractivity contribution is 0.00393. The minimum Gasteiger partial charge on any atom is -0.496 e. The molecule has 3 nitrogen and oxygen atoms in total. The second-order valence-electron chi connectivity index (χ2n) is 8.91. The summed E-state index contributed by atoms with van der Waals surface area (Å²) in [7, 11) is 5.77. The van der Waals surface area contributed by atoms with Gasteiger partial charge in [0.15, 0.2) is 0 Å². The van der Waals surface area contributed by atoms with E-state index < -0.39 is 5.60 Å². The molecule has 0 aromatic heterocycles. The van der Waals surface area contributed by atoms with Crippen molar-refractivity contribution in [1.82, 2.24) is 4.90 Å². The Kier molecular flexibility index (Phi) is 7.78. The quantitative estimate of drug-likeness (QED) is 0.236. The first-order valence-corrected chi connectivity index (χ1v) is 12.9. The third-order valence-corrected chi connectivity index (χ3v) is 7.38. The van der Waals surface area contributed by atoms with Gasteiger partial charge in [0.1, 0.15) is 11.4 Å². The molecule has 0 spiro atoms. The number of hydrogen-bond donors (Lipinski definition) is 1. The molecular formula is C29H29Br2NO2. The summed E-state index contributed by atoms with van der Waals surface area (Å²) in [6.45, 7) is 0.733. The fraction of sp³-hybridized carbons (Fsp3) is 0.241. The maximum absolute atomic E-state index is 12.6. The molecule has 0 amide bonds. The number of aliphatic hydroxyl groups is 1. The van der Waals surface area contributed by atoms with Gasteiger partial charge in [-0.2, -0.15) is 0 Å². The SMILES string of the molecule is COc1cc2ccc(Br)cc2cc1C(c1ccccc1)C(O)(CCN(C)C)c1ccc(Br)cc1. The largest absolute Gasteiger partial charge is 0.496 e. The Morgan fingerprint density at radius 3 is 2.18 bits per heavy atom. The Morgan fingerprint density at radius 1 is 0.853 bits per heavy atom. The molecule has 0 bridgehead atoms. The van der Waals surface area contributed by atoms with Gasteiger partial charge in [-0.15, -0.1) is 0 Å². The highest BCUT2D eigenvalue weighted by Gasteiger charge is 2.41. The fourth-order valence-corrected chi connectivity index (χ4v) is 5.26. The molecule has 0 aliphatic heterocycles. The van der Waals surface area contributed by atoms with Gasteiger partial charge in [0.25, 0.3) is 0 Å². The van der Waals surface area contributed by atoms with Crippen molar-refractivity contribution in [3.05, 3.63) is 111 Å². The molecular weight excluding hydrogens is 554 g/mol. The molecule has 4 rings (SSSR count). The number of nitrogens with zero attached hydrogens (tertiary/aromatic N) is 1. The van der Waals surface area contributed by atoms with Gasteiger partial charge in [-0.05, 0) is 78.8 Å². The van der Waals surface area contributed by atoms with Crippen LogP contribution in [0.3, 0.4) is 0 Å². The summed E-state index contributed by atoms with van der Waals surface area (Å²) in [5.74, 6) is 0.428. The van der Waals surface area contributed by atoms with E-state index in [9.17, 15) is 5.11 Å².